The fourth-order valence-electron chi connectivity index (χ4n) is 6.43. The van der Waals surface area contributed by atoms with Gasteiger partial charge in [-0.15, -0.1) is 0 Å². The molecule has 0 aromatic heterocycles. The number of benzene rings is 1. The van der Waals surface area contributed by atoms with Crippen LogP contribution in [0.15, 0.2) is 66.8 Å². The van der Waals surface area contributed by atoms with Crippen molar-refractivity contribution in [1.29, 1.82) is 0 Å². The molecule has 1 unspecified atom stereocenters. The van der Waals surface area contributed by atoms with Gasteiger partial charge in [0.1, 0.15) is 11.5 Å². The van der Waals surface area contributed by atoms with Crippen molar-refractivity contribution in [2.24, 2.45) is 5.92 Å². The second-order valence-corrected chi connectivity index (χ2v) is 15.2. The van der Waals surface area contributed by atoms with E-state index < -0.39 is 11.9 Å². The molecule has 1 N–H and O–H groups in total. The summed E-state index contributed by atoms with van der Waals surface area (Å²) >= 11 is 0. The molecule has 0 aliphatic heterocycles. The largest absolute Gasteiger partial charge is 0.493 e. The Hall–Kier alpha value is -2.79. The number of allylic oxidation sites excluding steroid dienone is 8. The van der Waals surface area contributed by atoms with Crippen molar-refractivity contribution < 1.29 is 19.4 Å². The van der Waals surface area contributed by atoms with Gasteiger partial charge in [0.15, 0.2) is 0 Å². The third kappa shape index (κ3) is 31.3. The second kappa shape index (κ2) is 36.2. The molecule has 5 nitrogen and oxygen atoms in total. The van der Waals surface area contributed by atoms with Crippen molar-refractivity contribution in [3.8, 4) is 11.5 Å². The number of hydrogen-bond donors (Lipinski definition) is 1. The molecule has 0 fully saturated rings. The van der Waals surface area contributed by atoms with Crippen LogP contribution in [0.1, 0.15) is 174 Å². The van der Waals surface area contributed by atoms with Crippen LogP contribution in [0.25, 0.3) is 0 Å². The average molecular weight is 736 g/mol. The molecule has 5 heteroatoms. The van der Waals surface area contributed by atoms with E-state index in [0.29, 0.717) is 26.2 Å². The van der Waals surface area contributed by atoms with E-state index in [-0.39, 0.29) is 0 Å². The maximum atomic E-state index is 12.0. The van der Waals surface area contributed by atoms with Crippen molar-refractivity contribution in [3.05, 3.63) is 72.4 Å². The monoisotopic (exact) mass is 736 g/mol. The summed E-state index contributed by atoms with van der Waals surface area (Å²) in [6.45, 7) is 6.34. The zero-order valence-electron chi connectivity index (χ0n) is 34.8. The quantitative estimate of drug-likeness (QED) is 0.0545. The number of carbonyl (C=O) groups is 1. The molecule has 0 aliphatic rings. The van der Waals surface area contributed by atoms with Crippen LogP contribution >= 0.6 is 0 Å². The van der Waals surface area contributed by atoms with E-state index in [1.54, 1.807) is 0 Å². The predicted octanol–water partition coefficient (Wildman–Crippen LogP) is 13.9. The van der Waals surface area contributed by atoms with Crippen molar-refractivity contribution in [3.63, 3.8) is 0 Å². The first-order chi connectivity index (χ1) is 26.0. The molecular weight excluding hydrogens is 655 g/mol. The number of carboxylic acid groups (broad SMARTS) is 1. The summed E-state index contributed by atoms with van der Waals surface area (Å²) in [4.78, 5) is 13.9. The van der Waals surface area contributed by atoms with Gasteiger partial charge in [0.25, 0.3) is 0 Å². The summed E-state index contributed by atoms with van der Waals surface area (Å²) in [5, 5.41) is 9.85. The van der Waals surface area contributed by atoms with Crippen molar-refractivity contribution in [1.82, 2.24) is 4.90 Å². The lowest BCUT2D eigenvalue weighted by Crippen LogP contribution is -2.29. The maximum absolute atomic E-state index is 12.0. The first kappa shape index (κ1) is 48.2. The van der Waals surface area contributed by atoms with Gasteiger partial charge in [-0.25, -0.2) is 0 Å². The summed E-state index contributed by atoms with van der Waals surface area (Å²) in [5.74, 6) is 0.320. The fraction of sp³-hybridized carbons (Fsp3) is 0.688. The Labute approximate surface area is 327 Å². The normalized spacial score (nSPS) is 12.7. The molecule has 1 atom stereocenters. The topological polar surface area (TPSA) is 59.0 Å². The standard InChI is InChI=1S/C48H81NO4/c1-5-7-9-11-13-15-17-19-21-23-25-27-29-31-33-35-37-52-46-40-44(39-45(48(50)51)43-49(3)4)41-47(42-46)53-38-36-34-32-30-28-26-24-22-20-18-16-14-12-10-8-6-2/h13-16,19-22,40-42,45H,5-12,17-18,23-39,43H2,1-4H3,(H,50,51)/b15-13-,16-14-,21-19-,22-20-. The van der Waals surface area contributed by atoms with Gasteiger partial charge in [-0.05, 0) is 115 Å². The van der Waals surface area contributed by atoms with Gasteiger partial charge < -0.3 is 19.5 Å². The lowest BCUT2D eigenvalue weighted by Gasteiger charge is -2.18. The lowest BCUT2D eigenvalue weighted by atomic mass is 9.98. The number of carboxylic acids is 1. The molecule has 0 aliphatic carbocycles. The average Bonchev–Trinajstić information content (AvgIpc) is 3.13. The highest BCUT2D eigenvalue weighted by molar-refractivity contribution is 5.70. The number of ether oxygens (including phenoxy) is 2. The van der Waals surface area contributed by atoms with Crippen molar-refractivity contribution in [2.45, 2.75) is 174 Å². The van der Waals surface area contributed by atoms with Crippen LogP contribution < -0.4 is 9.47 Å². The van der Waals surface area contributed by atoms with Gasteiger partial charge in [-0.1, -0.05) is 140 Å². The highest BCUT2D eigenvalue weighted by Gasteiger charge is 2.20. The molecule has 302 valence electrons. The van der Waals surface area contributed by atoms with E-state index >= 15 is 0 Å². The molecule has 1 aromatic rings. The smallest absolute Gasteiger partial charge is 0.308 e. The molecule has 0 saturated carbocycles. The number of unbranched alkanes of at least 4 members (excludes halogenated alkanes) is 18. The molecule has 1 rings (SSSR count). The summed E-state index contributed by atoms with van der Waals surface area (Å²) < 4.78 is 12.4. The van der Waals surface area contributed by atoms with Crippen LogP contribution in [0.2, 0.25) is 0 Å². The number of rotatable bonds is 37. The Balaban J connectivity index is 2.35. The number of nitrogens with zero attached hydrogens (tertiary/aromatic N) is 1. The van der Waals surface area contributed by atoms with E-state index in [9.17, 15) is 9.90 Å². The summed E-state index contributed by atoms with van der Waals surface area (Å²) in [6, 6.07) is 6.00. The molecule has 0 saturated heterocycles. The summed E-state index contributed by atoms with van der Waals surface area (Å²) in [7, 11) is 3.84. The van der Waals surface area contributed by atoms with E-state index in [4.69, 9.17) is 9.47 Å². The highest BCUT2D eigenvalue weighted by atomic mass is 16.5. The first-order valence-electron chi connectivity index (χ1n) is 21.8. The minimum atomic E-state index is -0.768. The molecule has 0 radical (unpaired) electrons. The van der Waals surface area contributed by atoms with Gasteiger partial charge in [0.2, 0.25) is 0 Å². The maximum Gasteiger partial charge on any atom is 0.308 e. The Morgan fingerprint density at radius 3 is 1.32 bits per heavy atom. The fourth-order valence-corrected chi connectivity index (χ4v) is 6.43. The molecule has 0 spiro atoms. The second-order valence-electron chi connectivity index (χ2n) is 15.2. The van der Waals surface area contributed by atoms with Crippen LogP contribution in [0.5, 0.6) is 11.5 Å². The van der Waals surface area contributed by atoms with Crippen LogP contribution in [-0.4, -0.2) is 49.8 Å². The Kier molecular flexibility index (Phi) is 32.9. The first-order valence-corrected chi connectivity index (χ1v) is 21.8. The Morgan fingerprint density at radius 1 is 0.566 bits per heavy atom. The van der Waals surface area contributed by atoms with E-state index in [2.05, 4.69) is 62.5 Å². The SMILES string of the molecule is CCCCC/C=C\C/C=C\CCCCCCCCOc1cc(CC(CN(C)C)C(=O)O)cc(OCCCCCCCC/C=C\C/C=C\CCCCC)c1. The van der Waals surface area contributed by atoms with Crippen molar-refractivity contribution >= 4 is 5.97 Å². The molecule has 0 bridgehead atoms. The highest BCUT2D eigenvalue weighted by Crippen LogP contribution is 2.26. The van der Waals surface area contributed by atoms with Gasteiger partial charge in [-0.2, -0.15) is 0 Å². The van der Waals surface area contributed by atoms with Gasteiger partial charge >= 0.3 is 5.97 Å². The minimum absolute atomic E-state index is 0.455. The summed E-state index contributed by atoms with van der Waals surface area (Å²) in [6.07, 6.45) is 48.3. The van der Waals surface area contributed by atoms with E-state index in [1.807, 2.05) is 37.2 Å². The van der Waals surface area contributed by atoms with Crippen LogP contribution in [0.3, 0.4) is 0 Å². The number of aliphatic carboxylic acids is 1. The van der Waals surface area contributed by atoms with Gasteiger partial charge in [0, 0.05) is 12.6 Å². The zero-order chi connectivity index (χ0) is 38.5. The molecule has 53 heavy (non-hydrogen) atoms. The Morgan fingerprint density at radius 2 is 0.943 bits per heavy atom. The predicted molar refractivity (Wildman–Crippen MR) is 230 cm³/mol. The van der Waals surface area contributed by atoms with E-state index in [0.717, 1.165) is 42.7 Å². The molecule has 1 aromatic carbocycles. The molecule has 0 amide bonds. The molecular formula is C48H81NO4. The van der Waals surface area contributed by atoms with E-state index in [1.165, 1.54) is 128 Å². The van der Waals surface area contributed by atoms with Crippen LogP contribution in [-0.2, 0) is 11.2 Å². The minimum Gasteiger partial charge on any atom is -0.493 e. The van der Waals surface area contributed by atoms with Crippen LogP contribution in [0.4, 0.5) is 0 Å². The zero-order valence-corrected chi connectivity index (χ0v) is 34.8. The third-order valence-corrected chi connectivity index (χ3v) is 9.58. The Bertz CT molecular complexity index is 1040. The number of hydrogen-bond acceptors (Lipinski definition) is 4. The van der Waals surface area contributed by atoms with Crippen molar-refractivity contribution in [2.75, 3.05) is 33.9 Å². The van der Waals surface area contributed by atoms with Gasteiger partial charge in [0.05, 0.1) is 19.1 Å². The van der Waals surface area contributed by atoms with Crippen LogP contribution in [0, 0.1) is 5.92 Å². The third-order valence-electron chi connectivity index (χ3n) is 9.58. The molecule has 0 heterocycles. The lowest BCUT2D eigenvalue weighted by molar-refractivity contribution is -0.142. The van der Waals surface area contributed by atoms with Gasteiger partial charge in [-0.3, -0.25) is 4.79 Å². The summed E-state index contributed by atoms with van der Waals surface area (Å²) in [5.41, 5.74) is 0.959.